The Bertz CT molecular complexity index is 330. The molecule has 0 bridgehead atoms. The molecule has 100 valence electrons. The van der Waals surface area contributed by atoms with Gasteiger partial charge in [-0.1, -0.05) is 0 Å². The van der Waals surface area contributed by atoms with E-state index in [1.807, 2.05) is 4.90 Å². The maximum atomic E-state index is 12.1. The van der Waals surface area contributed by atoms with Crippen molar-refractivity contribution >= 4 is 5.91 Å². The van der Waals surface area contributed by atoms with E-state index in [2.05, 4.69) is 10.8 Å². The quantitative estimate of drug-likeness (QED) is 0.738. The SMILES string of the molecule is C#CCC(N)C(=O)N1CCCC(N2CCCC2)C1. The molecular weight excluding hydrogens is 226 g/mol. The number of carbonyl (C=O) groups excluding carboxylic acids is 1. The molecule has 0 aromatic carbocycles. The van der Waals surface area contributed by atoms with Gasteiger partial charge in [0, 0.05) is 25.6 Å². The van der Waals surface area contributed by atoms with Gasteiger partial charge >= 0.3 is 0 Å². The van der Waals surface area contributed by atoms with Gasteiger partial charge < -0.3 is 10.6 Å². The molecule has 2 aliphatic rings. The summed E-state index contributed by atoms with van der Waals surface area (Å²) < 4.78 is 0. The highest BCUT2D eigenvalue weighted by Crippen LogP contribution is 2.20. The molecule has 2 atom stereocenters. The molecule has 0 spiro atoms. The minimum absolute atomic E-state index is 0.0249. The van der Waals surface area contributed by atoms with Gasteiger partial charge in [0.1, 0.15) is 0 Å². The van der Waals surface area contributed by atoms with Gasteiger partial charge in [0.15, 0.2) is 0 Å². The summed E-state index contributed by atoms with van der Waals surface area (Å²) in [5, 5.41) is 0. The molecule has 2 N–H and O–H groups in total. The highest BCUT2D eigenvalue weighted by molar-refractivity contribution is 5.82. The van der Waals surface area contributed by atoms with Crippen molar-refractivity contribution in [2.24, 2.45) is 5.73 Å². The van der Waals surface area contributed by atoms with Crippen LogP contribution < -0.4 is 5.73 Å². The Balaban J connectivity index is 1.89. The van der Waals surface area contributed by atoms with E-state index in [-0.39, 0.29) is 5.91 Å². The van der Waals surface area contributed by atoms with Crippen molar-refractivity contribution in [2.75, 3.05) is 26.2 Å². The summed E-state index contributed by atoms with van der Waals surface area (Å²) in [6, 6.07) is 0.00978. The first-order chi connectivity index (χ1) is 8.72. The van der Waals surface area contributed by atoms with Gasteiger partial charge in [0.05, 0.1) is 6.04 Å². The number of hydrogen-bond donors (Lipinski definition) is 1. The molecule has 1 amide bonds. The largest absolute Gasteiger partial charge is 0.340 e. The summed E-state index contributed by atoms with van der Waals surface area (Å²) in [5.74, 6) is 2.50. The Morgan fingerprint density at radius 1 is 1.33 bits per heavy atom. The normalized spacial score (nSPS) is 26.9. The number of hydrogen-bond acceptors (Lipinski definition) is 3. The topological polar surface area (TPSA) is 49.6 Å². The molecule has 4 nitrogen and oxygen atoms in total. The maximum Gasteiger partial charge on any atom is 0.240 e. The summed E-state index contributed by atoms with van der Waals surface area (Å²) in [7, 11) is 0. The van der Waals surface area contributed by atoms with Crippen molar-refractivity contribution in [1.29, 1.82) is 0 Å². The van der Waals surface area contributed by atoms with E-state index in [9.17, 15) is 4.79 Å². The molecule has 0 saturated carbocycles. The maximum absolute atomic E-state index is 12.1. The van der Waals surface area contributed by atoms with Crippen LogP contribution in [0.1, 0.15) is 32.1 Å². The Morgan fingerprint density at radius 3 is 2.72 bits per heavy atom. The van der Waals surface area contributed by atoms with Gasteiger partial charge in [-0.05, 0) is 38.8 Å². The first-order valence-electron chi connectivity index (χ1n) is 6.94. The van der Waals surface area contributed by atoms with E-state index in [0.717, 1.165) is 19.5 Å². The standard InChI is InChI=1S/C14H23N3O/c1-2-6-13(15)14(18)17-10-5-7-12(11-17)16-8-3-4-9-16/h1,12-13H,3-11,15H2. The van der Waals surface area contributed by atoms with E-state index < -0.39 is 6.04 Å². The molecule has 4 heteroatoms. The zero-order chi connectivity index (χ0) is 13.0. The van der Waals surface area contributed by atoms with Crippen LogP contribution in [0.15, 0.2) is 0 Å². The lowest BCUT2D eigenvalue weighted by molar-refractivity contribution is -0.134. The molecule has 0 aliphatic carbocycles. The van der Waals surface area contributed by atoms with Crippen LogP contribution in [0.3, 0.4) is 0 Å². The Labute approximate surface area is 109 Å². The van der Waals surface area contributed by atoms with Crippen molar-refractivity contribution in [3.05, 3.63) is 0 Å². The fourth-order valence-electron chi connectivity index (χ4n) is 3.01. The molecule has 18 heavy (non-hydrogen) atoms. The lowest BCUT2D eigenvalue weighted by Gasteiger charge is -2.38. The minimum Gasteiger partial charge on any atom is -0.340 e. The Morgan fingerprint density at radius 2 is 2.06 bits per heavy atom. The van der Waals surface area contributed by atoms with Gasteiger partial charge in [-0.25, -0.2) is 0 Å². The van der Waals surface area contributed by atoms with Crippen molar-refractivity contribution in [3.63, 3.8) is 0 Å². The third-order valence-electron chi connectivity index (χ3n) is 4.02. The van der Waals surface area contributed by atoms with Crippen molar-refractivity contribution < 1.29 is 4.79 Å². The summed E-state index contributed by atoms with van der Waals surface area (Å²) in [5.41, 5.74) is 5.81. The molecule has 2 heterocycles. The minimum atomic E-state index is -0.521. The number of amides is 1. The van der Waals surface area contributed by atoms with Crippen LogP contribution in [0.2, 0.25) is 0 Å². The highest BCUT2D eigenvalue weighted by Gasteiger charge is 2.30. The average Bonchev–Trinajstić information content (AvgIpc) is 2.92. The third-order valence-corrected chi connectivity index (χ3v) is 4.02. The van der Waals surface area contributed by atoms with Crippen LogP contribution >= 0.6 is 0 Å². The van der Waals surface area contributed by atoms with E-state index in [1.54, 1.807) is 0 Å². The van der Waals surface area contributed by atoms with Crippen molar-refractivity contribution in [1.82, 2.24) is 9.80 Å². The predicted octanol–water partition coefficient (Wildman–Crippen LogP) is 0.424. The number of rotatable bonds is 3. The van der Waals surface area contributed by atoms with Crippen LogP contribution in [-0.2, 0) is 4.79 Å². The summed E-state index contributed by atoms with van der Waals surface area (Å²) in [4.78, 5) is 16.6. The number of nitrogens with zero attached hydrogens (tertiary/aromatic N) is 2. The smallest absolute Gasteiger partial charge is 0.240 e. The van der Waals surface area contributed by atoms with Crippen molar-refractivity contribution in [3.8, 4) is 12.3 Å². The predicted molar refractivity (Wildman–Crippen MR) is 71.8 cm³/mol. The number of piperidine rings is 1. The van der Waals surface area contributed by atoms with Crippen LogP contribution in [0, 0.1) is 12.3 Å². The second kappa shape index (κ2) is 6.21. The Hall–Kier alpha value is -1.05. The summed E-state index contributed by atoms with van der Waals surface area (Å²) in [6.45, 7) is 4.03. The number of likely N-dealkylation sites (tertiary alicyclic amines) is 2. The molecule has 2 aliphatic heterocycles. The van der Waals surface area contributed by atoms with E-state index in [0.29, 0.717) is 12.5 Å². The number of terminal acetylenes is 1. The fraction of sp³-hybridized carbons (Fsp3) is 0.786. The molecule has 0 radical (unpaired) electrons. The average molecular weight is 249 g/mol. The van der Waals surface area contributed by atoms with Gasteiger partial charge in [-0.15, -0.1) is 12.3 Å². The number of nitrogens with two attached hydrogens (primary N) is 1. The van der Waals surface area contributed by atoms with Crippen LogP contribution in [0.4, 0.5) is 0 Å². The molecule has 2 unspecified atom stereocenters. The zero-order valence-electron chi connectivity index (χ0n) is 11.0. The molecule has 2 rings (SSSR count). The van der Waals surface area contributed by atoms with Crippen LogP contribution in [0.5, 0.6) is 0 Å². The zero-order valence-corrected chi connectivity index (χ0v) is 11.0. The molecule has 2 saturated heterocycles. The Kier molecular flexibility index (Phi) is 4.62. The summed E-state index contributed by atoms with van der Waals surface area (Å²) >= 11 is 0. The van der Waals surface area contributed by atoms with Gasteiger partial charge in [0.2, 0.25) is 5.91 Å². The van der Waals surface area contributed by atoms with Gasteiger partial charge in [0.25, 0.3) is 0 Å². The molecule has 0 aromatic heterocycles. The van der Waals surface area contributed by atoms with Gasteiger partial charge in [-0.2, -0.15) is 0 Å². The number of carbonyl (C=O) groups is 1. The first kappa shape index (κ1) is 13.4. The molecular formula is C14H23N3O. The van der Waals surface area contributed by atoms with Crippen LogP contribution in [0.25, 0.3) is 0 Å². The summed E-state index contributed by atoms with van der Waals surface area (Å²) in [6.07, 6.45) is 10.4. The van der Waals surface area contributed by atoms with E-state index in [1.165, 1.54) is 32.4 Å². The third kappa shape index (κ3) is 3.04. The van der Waals surface area contributed by atoms with E-state index >= 15 is 0 Å². The second-order valence-electron chi connectivity index (χ2n) is 5.34. The monoisotopic (exact) mass is 249 g/mol. The van der Waals surface area contributed by atoms with Gasteiger partial charge in [-0.3, -0.25) is 9.69 Å². The van der Waals surface area contributed by atoms with Crippen molar-refractivity contribution in [2.45, 2.75) is 44.2 Å². The van der Waals surface area contributed by atoms with E-state index in [4.69, 9.17) is 12.2 Å². The highest BCUT2D eigenvalue weighted by atomic mass is 16.2. The van der Waals surface area contributed by atoms with Crippen LogP contribution in [-0.4, -0.2) is 54.0 Å². The fourth-order valence-corrected chi connectivity index (χ4v) is 3.01. The molecule has 0 aromatic rings. The lowest BCUT2D eigenvalue weighted by Crippen LogP contribution is -2.53. The second-order valence-corrected chi connectivity index (χ2v) is 5.34. The molecule has 2 fully saturated rings. The lowest BCUT2D eigenvalue weighted by atomic mass is 10.0. The first-order valence-corrected chi connectivity index (χ1v) is 6.94.